The van der Waals surface area contributed by atoms with Crippen molar-refractivity contribution in [3.8, 4) is 5.75 Å². The average molecular weight is 330 g/mol. The minimum atomic E-state index is -0.309. The van der Waals surface area contributed by atoms with Gasteiger partial charge in [-0.15, -0.1) is 0 Å². The lowest BCUT2D eigenvalue weighted by Gasteiger charge is -2.39. The van der Waals surface area contributed by atoms with Gasteiger partial charge in [-0.3, -0.25) is 9.59 Å². The summed E-state index contributed by atoms with van der Waals surface area (Å²) >= 11 is 0. The molecule has 1 N–H and O–H groups in total. The molecule has 0 spiro atoms. The van der Waals surface area contributed by atoms with Gasteiger partial charge in [0.2, 0.25) is 11.8 Å². The van der Waals surface area contributed by atoms with Gasteiger partial charge in [0.25, 0.3) is 0 Å². The summed E-state index contributed by atoms with van der Waals surface area (Å²) < 4.78 is 0. The molecule has 0 bridgehead atoms. The molecule has 130 valence electrons. The first kappa shape index (κ1) is 16.8. The van der Waals surface area contributed by atoms with Gasteiger partial charge in [0.1, 0.15) is 11.8 Å². The van der Waals surface area contributed by atoms with E-state index in [4.69, 9.17) is 0 Å². The topological polar surface area (TPSA) is 60.9 Å². The van der Waals surface area contributed by atoms with Crippen molar-refractivity contribution in [3.05, 3.63) is 29.3 Å². The fourth-order valence-electron chi connectivity index (χ4n) is 3.79. The molecule has 1 unspecified atom stereocenters. The lowest BCUT2D eigenvalue weighted by Crippen LogP contribution is -2.53. The minimum Gasteiger partial charge on any atom is -0.508 e. The predicted molar refractivity (Wildman–Crippen MR) is 91.5 cm³/mol. The number of piperidine rings is 1. The number of rotatable bonds is 3. The number of hydrogen-bond donors (Lipinski definition) is 1. The summed E-state index contributed by atoms with van der Waals surface area (Å²) in [5.74, 6) is 0.402. The van der Waals surface area contributed by atoms with E-state index >= 15 is 0 Å². The summed E-state index contributed by atoms with van der Waals surface area (Å²) in [5, 5.41) is 9.68. The van der Waals surface area contributed by atoms with E-state index in [1.54, 1.807) is 17.0 Å². The first-order chi connectivity index (χ1) is 11.6. The molecular weight excluding hydrogens is 304 g/mol. The van der Waals surface area contributed by atoms with Crippen molar-refractivity contribution in [2.24, 2.45) is 0 Å². The molecule has 1 fully saturated rings. The third kappa shape index (κ3) is 3.40. The lowest BCUT2D eigenvalue weighted by atomic mass is 9.96. The van der Waals surface area contributed by atoms with E-state index in [-0.39, 0.29) is 23.6 Å². The highest BCUT2D eigenvalue weighted by Gasteiger charge is 2.35. The molecule has 0 aromatic heterocycles. The van der Waals surface area contributed by atoms with Gasteiger partial charge in [0.15, 0.2) is 0 Å². The van der Waals surface area contributed by atoms with Crippen molar-refractivity contribution >= 4 is 11.8 Å². The van der Waals surface area contributed by atoms with Crippen LogP contribution in [-0.4, -0.2) is 45.9 Å². The Labute approximate surface area is 143 Å². The van der Waals surface area contributed by atoms with E-state index < -0.39 is 0 Å². The van der Waals surface area contributed by atoms with Crippen LogP contribution in [0.1, 0.15) is 50.2 Å². The number of benzene rings is 1. The Kier molecular flexibility index (Phi) is 5.07. The van der Waals surface area contributed by atoms with Crippen LogP contribution in [0.25, 0.3) is 0 Å². The number of aromatic hydroxyl groups is 1. The predicted octanol–water partition coefficient (Wildman–Crippen LogP) is 2.46. The van der Waals surface area contributed by atoms with Gasteiger partial charge in [-0.1, -0.05) is 13.0 Å². The quantitative estimate of drug-likeness (QED) is 0.926. The van der Waals surface area contributed by atoms with Crippen LogP contribution in [0.3, 0.4) is 0 Å². The molecule has 24 heavy (non-hydrogen) atoms. The number of hydrogen-bond acceptors (Lipinski definition) is 3. The zero-order chi connectivity index (χ0) is 17.1. The van der Waals surface area contributed by atoms with Crippen LogP contribution in [0.15, 0.2) is 18.2 Å². The van der Waals surface area contributed by atoms with Gasteiger partial charge in [-0.2, -0.15) is 0 Å². The molecule has 1 saturated heterocycles. The van der Waals surface area contributed by atoms with Crippen LogP contribution in [0.5, 0.6) is 5.75 Å². The molecular formula is C19H26N2O3. The van der Waals surface area contributed by atoms with Gasteiger partial charge in [0, 0.05) is 26.1 Å². The van der Waals surface area contributed by atoms with Crippen molar-refractivity contribution in [1.82, 2.24) is 9.80 Å². The van der Waals surface area contributed by atoms with Gasteiger partial charge in [-0.05, 0) is 55.4 Å². The van der Waals surface area contributed by atoms with E-state index in [9.17, 15) is 14.7 Å². The summed E-state index contributed by atoms with van der Waals surface area (Å²) in [6.07, 6.45) is 4.87. The molecule has 1 atom stereocenters. The number of fused-ring (bicyclic) bond motifs is 1. The van der Waals surface area contributed by atoms with Gasteiger partial charge >= 0.3 is 0 Å². The zero-order valence-electron chi connectivity index (χ0n) is 14.3. The third-order valence-electron chi connectivity index (χ3n) is 5.09. The summed E-state index contributed by atoms with van der Waals surface area (Å²) in [6, 6.07) is 5.07. The second-order valence-electron chi connectivity index (χ2n) is 6.81. The Bertz CT molecular complexity index is 629. The highest BCUT2D eigenvalue weighted by molar-refractivity contribution is 5.88. The van der Waals surface area contributed by atoms with Crippen LogP contribution < -0.4 is 0 Å². The Morgan fingerprint density at radius 2 is 2.04 bits per heavy atom. The second kappa shape index (κ2) is 7.24. The number of nitrogens with zero attached hydrogens (tertiary/aromatic N) is 2. The molecule has 0 aliphatic carbocycles. The molecule has 5 nitrogen and oxygen atoms in total. The lowest BCUT2D eigenvalue weighted by molar-refractivity contribution is -0.148. The largest absolute Gasteiger partial charge is 0.508 e. The Balaban J connectivity index is 1.74. The van der Waals surface area contributed by atoms with E-state index in [1.165, 1.54) is 5.56 Å². The molecule has 1 aromatic carbocycles. The zero-order valence-corrected chi connectivity index (χ0v) is 14.3. The average Bonchev–Trinajstić information content (AvgIpc) is 2.60. The normalized spacial score (nSPS) is 20.6. The Morgan fingerprint density at radius 3 is 2.83 bits per heavy atom. The Hall–Kier alpha value is -2.04. The second-order valence-corrected chi connectivity index (χ2v) is 6.81. The van der Waals surface area contributed by atoms with Crippen molar-refractivity contribution < 1.29 is 14.7 Å². The van der Waals surface area contributed by atoms with Gasteiger partial charge in [0.05, 0.1) is 0 Å². The summed E-state index contributed by atoms with van der Waals surface area (Å²) in [6.45, 7) is 3.89. The van der Waals surface area contributed by atoms with E-state index in [1.807, 2.05) is 17.9 Å². The van der Waals surface area contributed by atoms with Crippen molar-refractivity contribution in [2.75, 3.05) is 13.1 Å². The van der Waals surface area contributed by atoms with Crippen LogP contribution >= 0.6 is 0 Å². The summed E-state index contributed by atoms with van der Waals surface area (Å²) in [7, 11) is 0. The maximum absolute atomic E-state index is 13.0. The van der Waals surface area contributed by atoms with E-state index in [0.29, 0.717) is 26.1 Å². The van der Waals surface area contributed by atoms with Crippen LogP contribution in [0.2, 0.25) is 0 Å². The first-order valence-electron chi connectivity index (χ1n) is 8.99. The number of phenolic OH excluding ortho intramolecular Hbond substituents is 1. The molecule has 3 rings (SSSR count). The van der Waals surface area contributed by atoms with Gasteiger partial charge in [-0.25, -0.2) is 0 Å². The summed E-state index contributed by atoms with van der Waals surface area (Å²) in [4.78, 5) is 29.0. The third-order valence-corrected chi connectivity index (χ3v) is 5.09. The fraction of sp³-hybridized carbons (Fsp3) is 0.579. The number of phenols is 1. The molecule has 2 aliphatic rings. The highest BCUT2D eigenvalue weighted by Crippen LogP contribution is 2.26. The smallest absolute Gasteiger partial charge is 0.245 e. The monoisotopic (exact) mass is 330 g/mol. The molecule has 1 aromatic rings. The van der Waals surface area contributed by atoms with E-state index in [2.05, 4.69) is 0 Å². The Morgan fingerprint density at radius 1 is 1.21 bits per heavy atom. The minimum absolute atomic E-state index is 0.0631. The maximum atomic E-state index is 13.0. The molecule has 0 saturated carbocycles. The molecule has 2 heterocycles. The standard InChI is InChI=1S/C19H26N2O3/c1-2-5-18(23)21-10-4-3-6-17(21)19(24)20-11-9-14-7-8-16(22)12-15(14)13-20/h7-8,12,17,22H,2-6,9-11,13H2,1H3. The molecule has 0 radical (unpaired) electrons. The van der Waals surface area contributed by atoms with E-state index in [0.717, 1.165) is 37.7 Å². The number of likely N-dealkylation sites (tertiary alicyclic amines) is 1. The van der Waals surface area contributed by atoms with Crippen LogP contribution in [0, 0.1) is 0 Å². The van der Waals surface area contributed by atoms with Gasteiger partial charge < -0.3 is 14.9 Å². The van der Waals surface area contributed by atoms with Crippen molar-refractivity contribution in [2.45, 2.75) is 58.0 Å². The number of carbonyl (C=O) groups excluding carboxylic acids is 2. The van der Waals surface area contributed by atoms with Crippen molar-refractivity contribution in [1.29, 1.82) is 0 Å². The van der Waals surface area contributed by atoms with Crippen LogP contribution in [0.4, 0.5) is 0 Å². The molecule has 2 aliphatic heterocycles. The fourth-order valence-corrected chi connectivity index (χ4v) is 3.79. The highest BCUT2D eigenvalue weighted by atomic mass is 16.3. The SMILES string of the molecule is CCCC(=O)N1CCCCC1C(=O)N1CCc2ccc(O)cc2C1. The molecule has 2 amide bonds. The number of amides is 2. The van der Waals surface area contributed by atoms with Crippen molar-refractivity contribution in [3.63, 3.8) is 0 Å². The van der Waals surface area contributed by atoms with Crippen LogP contribution in [-0.2, 0) is 22.6 Å². The molecule has 5 heteroatoms. The number of carbonyl (C=O) groups is 2. The summed E-state index contributed by atoms with van der Waals surface area (Å²) in [5.41, 5.74) is 2.20. The maximum Gasteiger partial charge on any atom is 0.245 e. The first-order valence-corrected chi connectivity index (χ1v) is 8.99.